The van der Waals surface area contributed by atoms with E-state index in [0.29, 0.717) is 11.3 Å². The van der Waals surface area contributed by atoms with Crippen LogP contribution in [0, 0.1) is 10.8 Å². The zero-order valence-electron chi connectivity index (χ0n) is 11.5. The van der Waals surface area contributed by atoms with Gasteiger partial charge in [0, 0.05) is 12.0 Å². The minimum absolute atomic E-state index is 0.00681. The zero-order chi connectivity index (χ0) is 12.5. The summed E-state index contributed by atoms with van der Waals surface area (Å²) in [6, 6.07) is 0. The van der Waals surface area contributed by atoms with Crippen LogP contribution in [-0.4, -0.2) is 38.0 Å². The third-order valence-electron chi connectivity index (χ3n) is 4.73. The van der Waals surface area contributed by atoms with Crippen molar-refractivity contribution in [2.45, 2.75) is 45.4 Å². The van der Waals surface area contributed by atoms with Gasteiger partial charge in [-0.05, 0) is 64.6 Å². The number of carbonyl (C=O) groups is 1. The molecule has 98 valence electrons. The molecule has 3 heteroatoms. The van der Waals surface area contributed by atoms with E-state index in [4.69, 9.17) is 0 Å². The number of hydrogen-bond donors (Lipinski definition) is 1. The molecule has 0 radical (unpaired) electrons. The first kappa shape index (κ1) is 12.9. The molecule has 3 nitrogen and oxygen atoms in total. The Labute approximate surface area is 105 Å². The Morgan fingerprint density at radius 1 is 1.24 bits per heavy atom. The van der Waals surface area contributed by atoms with Crippen LogP contribution >= 0.6 is 0 Å². The van der Waals surface area contributed by atoms with Gasteiger partial charge in [0.2, 0.25) is 5.91 Å². The summed E-state index contributed by atoms with van der Waals surface area (Å²) in [7, 11) is 4.14. The maximum Gasteiger partial charge on any atom is 0.226 e. The summed E-state index contributed by atoms with van der Waals surface area (Å²) < 4.78 is 0. The van der Waals surface area contributed by atoms with Crippen LogP contribution in [0.4, 0.5) is 0 Å². The second kappa shape index (κ2) is 4.60. The molecule has 2 fully saturated rings. The molecule has 0 aromatic carbocycles. The van der Waals surface area contributed by atoms with Crippen molar-refractivity contribution in [1.82, 2.24) is 10.2 Å². The smallest absolute Gasteiger partial charge is 0.226 e. The van der Waals surface area contributed by atoms with Gasteiger partial charge in [0.1, 0.15) is 0 Å². The van der Waals surface area contributed by atoms with Crippen LogP contribution in [0.2, 0.25) is 0 Å². The lowest BCUT2D eigenvalue weighted by Crippen LogP contribution is -2.39. The van der Waals surface area contributed by atoms with Crippen molar-refractivity contribution in [2.24, 2.45) is 10.8 Å². The highest BCUT2D eigenvalue weighted by atomic mass is 16.2. The lowest BCUT2D eigenvalue weighted by atomic mass is 9.82. The van der Waals surface area contributed by atoms with Gasteiger partial charge in [-0.15, -0.1) is 0 Å². The molecule has 0 heterocycles. The summed E-state index contributed by atoms with van der Waals surface area (Å²) in [5.74, 6) is 0.331. The van der Waals surface area contributed by atoms with Gasteiger partial charge < -0.3 is 10.2 Å². The van der Waals surface area contributed by atoms with Gasteiger partial charge in [-0.25, -0.2) is 0 Å². The van der Waals surface area contributed by atoms with Gasteiger partial charge in [0.25, 0.3) is 0 Å². The summed E-state index contributed by atoms with van der Waals surface area (Å²) in [6.07, 6.45) is 6.90. The Balaban J connectivity index is 1.77. The molecule has 2 aliphatic rings. The molecular formula is C14H26N2O. The van der Waals surface area contributed by atoms with E-state index in [9.17, 15) is 4.79 Å². The molecule has 0 saturated heterocycles. The SMILES string of the molecule is CN(C)CCCNC(=O)C12CCC(C)(CC1)C2. The van der Waals surface area contributed by atoms with E-state index >= 15 is 0 Å². The van der Waals surface area contributed by atoms with Crippen LogP contribution in [0.3, 0.4) is 0 Å². The number of carbonyl (C=O) groups excluding carboxylic acids is 1. The molecule has 0 aromatic rings. The minimum Gasteiger partial charge on any atom is -0.356 e. The Morgan fingerprint density at radius 3 is 2.35 bits per heavy atom. The fourth-order valence-corrected chi connectivity index (χ4v) is 3.59. The quantitative estimate of drug-likeness (QED) is 0.743. The Morgan fingerprint density at radius 2 is 1.88 bits per heavy atom. The molecule has 1 N–H and O–H groups in total. The van der Waals surface area contributed by atoms with Crippen molar-refractivity contribution in [3.05, 3.63) is 0 Å². The van der Waals surface area contributed by atoms with Crippen molar-refractivity contribution in [3.8, 4) is 0 Å². The number of fused-ring (bicyclic) bond motifs is 2. The first-order valence-corrected chi connectivity index (χ1v) is 6.89. The van der Waals surface area contributed by atoms with E-state index in [1.165, 1.54) is 12.8 Å². The van der Waals surface area contributed by atoms with Crippen LogP contribution in [0.5, 0.6) is 0 Å². The third-order valence-corrected chi connectivity index (χ3v) is 4.73. The lowest BCUT2D eigenvalue weighted by Gasteiger charge is -2.25. The van der Waals surface area contributed by atoms with Crippen molar-refractivity contribution in [1.29, 1.82) is 0 Å². The first-order chi connectivity index (χ1) is 7.96. The summed E-state index contributed by atoms with van der Waals surface area (Å²) in [5.41, 5.74) is 0.480. The fourth-order valence-electron chi connectivity index (χ4n) is 3.59. The molecule has 0 unspecified atom stereocenters. The third kappa shape index (κ3) is 2.65. The van der Waals surface area contributed by atoms with Gasteiger partial charge in [-0.2, -0.15) is 0 Å². The van der Waals surface area contributed by atoms with E-state index in [2.05, 4.69) is 31.2 Å². The average molecular weight is 238 g/mol. The highest BCUT2D eigenvalue weighted by molar-refractivity contribution is 5.83. The fraction of sp³-hybridized carbons (Fsp3) is 0.929. The Bertz CT molecular complexity index is 291. The molecule has 0 spiro atoms. The predicted molar refractivity (Wildman–Crippen MR) is 69.8 cm³/mol. The number of nitrogens with one attached hydrogen (secondary N) is 1. The summed E-state index contributed by atoms with van der Waals surface area (Å²) >= 11 is 0. The standard InChI is InChI=1S/C14H26N2O/c1-13-5-7-14(11-13,8-6-13)12(17)15-9-4-10-16(2)3/h4-11H2,1-3H3,(H,15,17). The highest BCUT2D eigenvalue weighted by Crippen LogP contribution is 2.61. The molecule has 0 aromatic heterocycles. The maximum absolute atomic E-state index is 12.3. The number of amides is 1. The van der Waals surface area contributed by atoms with Crippen molar-refractivity contribution in [3.63, 3.8) is 0 Å². The van der Waals surface area contributed by atoms with Crippen molar-refractivity contribution >= 4 is 5.91 Å². The largest absolute Gasteiger partial charge is 0.356 e. The van der Waals surface area contributed by atoms with E-state index in [0.717, 1.165) is 38.8 Å². The van der Waals surface area contributed by atoms with E-state index in [1.807, 2.05) is 0 Å². The number of nitrogens with zero attached hydrogens (tertiary/aromatic N) is 1. The Hall–Kier alpha value is -0.570. The van der Waals surface area contributed by atoms with Crippen LogP contribution in [0.15, 0.2) is 0 Å². The van der Waals surface area contributed by atoms with Crippen molar-refractivity contribution < 1.29 is 4.79 Å². The van der Waals surface area contributed by atoms with Crippen molar-refractivity contribution in [2.75, 3.05) is 27.2 Å². The molecule has 2 rings (SSSR count). The Kier molecular flexibility index (Phi) is 3.48. The van der Waals surface area contributed by atoms with Gasteiger partial charge in [0.05, 0.1) is 0 Å². The van der Waals surface area contributed by atoms with E-state index < -0.39 is 0 Å². The number of hydrogen-bond acceptors (Lipinski definition) is 2. The van der Waals surface area contributed by atoms with Crippen LogP contribution in [0.1, 0.15) is 45.4 Å². The van der Waals surface area contributed by atoms with Crippen LogP contribution < -0.4 is 5.32 Å². The van der Waals surface area contributed by atoms with Gasteiger partial charge >= 0.3 is 0 Å². The maximum atomic E-state index is 12.3. The molecule has 17 heavy (non-hydrogen) atoms. The topological polar surface area (TPSA) is 32.3 Å². The minimum atomic E-state index is 0.00681. The average Bonchev–Trinajstić information content (AvgIpc) is 2.78. The van der Waals surface area contributed by atoms with E-state index in [1.54, 1.807) is 0 Å². The highest BCUT2D eigenvalue weighted by Gasteiger charge is 2.55. The van der Waals surface area contributed by atoms with E-state index in [-0.39, 0.29) is 5.41 Å². The van der Waals surface area contributed by atoms with Gasteiger partial charge in [-0.1, -0.05) is 6.92 Å². The summed E-state index contributed by atoms with van der Waals surface area (Å²) in [5, 5.41) is 3.15. The molecule has 1 amide bonds. The lowest BCUT2D eigenvalue weighted by molar-refractivity contribution is -0.130. The van der Waals surface area contributed by atoms with Crippen LogP contribution in [-0.2, 0) is 4.79 Å². The predicted octanol–water partition coefficient (Wildman–Crippen LogP) is 2.02. The second-order valence-electron chi connectivity index (χ2n) is 6.68. The van der Waals surface area contributed by atoms with Crippen LogP contribution in [0.25, 0.3) is 0 Å². The zero-order valence-corrected chi connectivity index (χ0v) is 11.5. The summed E-state index contributed by atoms with van der Waals surface area (Å²) in [6.45, 7) is 4.22. The monoisotopic (exact) mass is 238 g/mol. The first-order valence-electron chi connectivity index (χ1n) is 6.89. The molecule has 2 saturated carbocycles. The number of rotatable bonds is 5. The van der Waals surface area contributed by atoms with Gasteiger partial charge in [0.15, 0.2) is 0 Å². The summed E-state index contributed by atoms with van der Waals surface area (Å²) in [4.78, 5) is 14.4. The normalized spacial score (nSPS) is 35.5. The second-order valence-corrected chi connectivity index (χ2v) is 6.68. The molecule has 0 atom stereocenters. The molecule has 2 bridgehead atoms. The molecule has 0 aliphatic heterocycles. The molecular weight excluding hydrogens is 212 g/mol. The van der Waals surface area contributed by atoms with Gasteiger partial charge in [-0.3, -0.25) is 4.79 Å². The molecule has 2 aliphatic carbocycles.